The number of hydrogen-bond acceptors (Lipinski definition) is 1. The van der Waals surface area contributed by atoms with Gasteiger partial charge in [0, 0.05) is 0 Å². The van der Waals surface area contributed by atoms with Crippen LogP contribution in [0.15, 0.2) is 0 Å². The number of hydrogen-bond donors (Lipinski definition) is 0. The number of rotatable bonds is 0. The summed E-state index contributed by atoms with van der Waals surface area (Å²) in [6, 6.07) is 0. The van der Waals surface area contributed by atoms with Crippen LogP contribution < -0.4 is 0 Å². The van der Waals surface area contributed by atoms with E-state index >= 15 is 0 Å². The fraction of sp³-hybridized carbons (Fsp3) is 1.00. The van der Waals surface area contributed by atoms with Crippen LogP contribution in [-0.4, -0.2) is 36.5 Å². The van der Waals surface area contributed by atoms with Gasteiger partial charge in [-0.3, -0.25) is 0 Å². The molecule has 0 aromatic heterocycles. The lowest BCUT2D eigenvalue weighted by Crippen LogP contribution is -2.64. The van der Waals surface area contributed by atoms with Crippen molar-refractivity contribution in [3.05, 3.63) is 0 Å². The molecule has 0 aromatic carbocycles. The topological polar surface area (TPSA) is 12.5 Å². The standard InChI is InChI=1S/C12H8Cl6O/c13-8-9(14)3-1-4-5(2(3)7-6(1)19-7)11(9,16)12(17,18)10(4,8)15/h1-8H/t1-,2-,3-,4+,5-,6?,7?,8-,9-,10+,11+/m1/s1. The molecule has 6 rings (SSSR count). The van der Waals surface area contributed by atoms with Crippen molar-refractivity contribution in [3.8, 4) is 0 Å². The molecule has 0 N–H and O–H groups in total. The Morgan fingerprint density at radius 3 is 1.95 bits per heavy atom. The first-order chi connectivity index (χ1) is 8.75. The molecule has 7 heteroatoms. The molecule has 1 saturated heterocycles. The molecule has 104 valence electrons. The lowest BCUT2D eigenvalue weighted by Gasteiger charge is -2.53. The average Bonchev–Trinajstić information content (AvgIpc) is 2.89. The zero-order chi connectivity index (χ0) is 13.3. The van der Waals surface area contributed by atoms with Crippen molar-refractivity contribution in [2.24, 2.45) is 29.6 Å². The summed E-state index contributed by atoms with van der Waals surface area (Å²) in [5, 5.41) is -0.499. The van der Waals surface area contributed by atoms with Crippen LogP contribution in [-0.2, 0) is 4.74 Å². The summed E-state index contributed by atoms with van der Waals surface area (Å²) in [5.74, 6) is 1.17. The molecule has 19 heavy (non-hydrogen) atoms. The van der Waals surface area contributed by atoms with Gasteiger partial charge in [0.25, 0.3) is 0 Å². The van der Waals surface area contributed by atoms with Crippen LogP contribution in [0.5, 0.6) is 0 Å². The number of fused-ring (bicyclic) bond motifs is 5. The minimum Gasteiger partial charge on any atom is -0.369 e. The first-order valence-corrected chi connectivity index (χ1v) is 8.82. The van der Waals surface area contributed by atoms with E-state index in [4.69, 9.17) is 74.3 Å². The summed E-state index contributed by atoms with van der Waals surface area (Å²) in [5.41, 5.74) is 0. The van der Waals surface area contributed by atoms with Gasteiger partial charge in [-0.2, -0.15) is 0 Å². The van der Waals surface area contributed by atoms with Gasteiger partial charge >= 0.3 is 0 Å². The van der Waals surface area contributed by atoms with Crippen molar-refractivity contribution < 1.29 is 4.74 Å². The first-order valence-electron chi connectivity index (χ1n) is 6.49. The van der Waals surface area contributed by atoms with Gasteiger partial charge in [-0.25, -0.2) is 0 Å². The third-order valence-electron chi connectivity index (χ3n) is 7.03. The van der Waals surface area contributed by atoms with Gasteiger partial charge in [-0.15, -0.1) is 46.4 Å². The van der Waals surface area contributed by atoms with Gasteiger partial charge in [0.05, 0.1) is 22.5 Å². The molecule has 1 heterocycles. The molecular weight excluding hydrogens is 373 g/mol. The highest BCUT2D eigenvalue weighted by atomic mass is 35.5. The van der Waals surface area contributed by atoms with Crippen molar-refractivity contribution in [2.75, 3.05) is 0 Å². The van der Waals surface area contributed by atoms with Gasteiger partial charge in [0.2, 0.25) is 0 Å². The number of epoxide rings is 1. The van der Waals surface area contributed by atoms with Crippen molar-refractivity contribution >= 4 is 69.6 Å². The normalized spacial score (nSPS) is 83.1. The Morgan fingerprint density at radius 2 is 1.32 bits per heavy atom. The van der Waals surface area contributed by atoms with Crippen molar-refractivity contribution in [1.29, 1.82) is 0 Å². The molecule has 6 aliphatic rings. The molecule has 1 aliphatic heterocycles. The van der Waals surface area contributed by atoms with Gasteiger partial charge in [-0.1, -0.05) is 23.2 Å². The van der Waals surface area contributed by atoms with Crippen molar-refractivity contribution in [2.45, 2.75) is 36.5 Å². The Hall–Kier alpha value is 1.70. The zero-order valence-corrected chi connectivity index (χ0v) is 13.8. The molecular formula is C12H8Cl6O. The molecule has 0 amide bonds. The second-order valence-electron chi connectivity index (χ2n) is 6.98. The second kappa shape index (κ2) is 2.68. The SMILES string of the molecule is Cl[C@H]1[C@@]2(Cl)[C@H]3[C@@H]4C5OC5[C@@H]5[C@@H]4[C@]1(Cl)[C@@](Cl)([C@H]53)C2(Cl)Cl. The van der Waals surface area contributed by atoms with Crippen LogP contribution >= 0.6 is 69.6 Å². The van der Waals surface area contributed by atoms with E-state index in [1.165, 1.54) is 0 Å². The van der Waals surface area contributed by atoms with E-state index in [0.717, 1.165) is 0 Å². The minimum atomic E-state index is -1.29. The molecule has 11 atom stereocenters. The number of halogens is 6. The molecule has 6 fully saturated rings. The lowest BCUT2D eigenvalue weighted by molar-refractivity contribution is 0.0874. The van der Waals surface area contributed by atoms with E-state index in [2.05, 4.69) is 0 Å². The van der Waals surface area contributed by atoms with Gasteiger partial charge in [0.15, 0.2) is 4.33 Å². The summed E-state index contributed by atoms with van der Waals surface area (Å²) in [6.45, 7) is 0. The quantitative estimate of drug-likeness (QED) is 0.462. The maximum atomic E-state index is 6.99. The molecule has 5 aliphatic carbocycles. The van der Waals surface area contributed by atoms with Crippen LogP contribution in [0.4, 0.5) is 0 Å². The maximum absolute atomic E-state index is 6.99. The smallest absolute Gasteiger partial charge is 0.160 e. The third-order valence-corrected chi connectivity index (χ3v) is 12.0. The lowest BCUT2D eigenvalue weighted by atomic mass is 9.62. The van der Waals surface area contributed by atoms with Crippen LogP contribution in [0.25, 0.3) is 0 Å². The largest absolute Gasteiger partial charge is 0.369 e. The molecule has 6 bridgehead atoms. The minimum absolute atomic E-state index is 0.128. The molecule has 5 saturated carbocycles. The predicted octanol–water partition coefficient (Wildman–Crippen LogP) is 3.62. The van der Waals surface area contributed by atoms with Crippen LogP contribution in [0.1, 0.15) is 0 Å². The second-order valence-corrected chi connectivity index (χ2v) is 10.6. The Morgan fingerprint density at radius 1 is 0.737 bits per heavy atom. The number of ether oxygens (including phenoxy) is 1. The third kappa shape index (κ3) is 0.718. The summed E-state index contributed by atoms with van der Waals surface area (Å²) in [7, 11) is 0. The van der Waals surface area contributed by atoms with Crippen LogP contribution in [0.3, 0.4) is 0 Å². The Kier molecular flexibility index (Phi) is 1.72. The summed E-state index contributed by atoms with van der Waals surface area (Å²) in [6.07, 6.45) is 0.556. The maximum Gasteiger partial charge on any atom is 0.160 e. The predicted molar refractivity (Wildman–Crippen MR) is 75.9 cm³/mol. The van der Waals surface area contributed by atoms with E-state index in [-0.39, 0.29) is 30.0 Å². The molecule has 0 radical (unpaired) electrons. The average molecular weight is 381 g/mol. The van der Waals surface area contributed by atoms with Crippen molar-refractivity contribution in [3.63, 3.8) is 0 Å². The van der Waals surface area contributed by atoms with Gasteiger partial charge < -0.3 is 4.74 Å². The summed E-state index contributed by atoms with van der Waals surface area (Å²) < 4.78 is 4.49. The van der Waals surface area contributed by atoms with E-state index < -0.39 is 24.3 Å². The van der Waals surface area contributed by atoms with E-state index in [1.54, 1.807) is 0 Å². The van der Waals surface area contributed by atoms with Crippen LogP contribution in [0, 0.1) is 29.6 Å². The highest BCUT2D eigenvalue weighted by molar-refractivity contribution is 6.63. The van der Waals surface area contributed by atoms with E-state index in [0.29, 0.717) is 11.8 Å². The Balaban J connectivity index is 1.75. The fourth-order valence-corrected chi connectivity index (χ4v) is 10.8. The van der Waals surface area contributed by atoms with Gasteiger partial charge in [0.1, 0.15) is 9.75 Å². The monoisotopic (exact) mass is 378 g/mol. The molecule has 0 aromatic rings. The first kappa shape index (κ1) is 12.2. The summed E-state index contributed by atoms with van der Waals surface area (Å²) >= 11 is 40.8. The van der Waals surface area contributed by atoms with Crippen LogP contribution in [0.2, 0.25) is 0 Å². The van der Waals surface area contributed by atoms with E-state index in [9.17, 15) is 0 Å². The Bertz CT molecular complexity index is 552. The van der Waals surface area contributed by atoms with Crippen molar-refractivity contribution in [1.82, 2.24) is 0 Å². The molecule has 2 unspecified atom stereocenters. The molecule has 1 nitrogen and oxygen atoms in total. The highest BCUT2D eigenvalue weighted by Crippen LogP contribution is 2.94. The zero-order valence-electron chi connectivity index (χ0n) is 9.29. The highest BCUT2D eigenvalue weighted by Gasteiger charge is 3.04. The summed E-state index contributed by atoms with van der Waals surface area (Å²) in [4.78, 5) is -2.70. The van der Waals surface area contributed by atoms with E-state index in [1.807, 2.05) is 0 Å². The molecule has 0 spiro atoms. The van der Waals surface area contributed by atoms with Gasteiger partial charge in [-0.05, 0) is 29.6 Å². The fourth-order valence-electron chi connectivity index (χ4n) is 6.79. The number of alkyl halides is 6. The Labute approximate surface area is 140 Å².